The van der Waals surface area contributed by atoms with Crippen LogP contribution in [0.25, 0.3) is 10.9 Å². The maximum Gasteiger partial charge on any atom is 0.0456 e. The molecule has 1 unspecified atom stereocenters. The van der Waals surface area contributed by atoms with Gasteiger partial charge in [0.05, 0.1) is 0 Å². The van der Waals surface area contributed by atoms with Gasteiger partial charge in [-0.3, -0.25) is 0 Å². The van der Waals surface area contributed by atoms with Crippen LogP contribution in [0.15, 0.2) is 65.8 Å². The molecule has 0 amide bonds. The predicted octanol–water partition coefficient (Wildman–Crippen LogP) is 6.99. The third-order valence-electron chi connectivity index (χ3n) is 4.36. The molecule has 1 heterocycles. The molecule has 0 aliphatic carbocycles. The summed E-state index contributed by atoms with van der Waals surface area (Å²) >= 11 is 0. The molecule has 0 fully saturated rings. The predicted molar refractivity (Wildman–Crippen MR) is 107 cm³/mol. The van der Waals surface area contributed by atoms with Crippen molar-refractivity contribution in [2.75, 3.05) is 0 Å². The van der Waals surface area contributed by atoms with E-state index in [4.69, 9.17) is 0 Å². The van der Waals surface area contributed by atoms with Crippen molar-refractivity contribution in [3.8, 4) is 0 Å². The van der Waals surface area contributed by atoms with Gasteiger partial charge < -0.3 is 4.98 Å². The zero-order valence-electron chi connectivity index (χ0n) is 15.6. The van der Waals surface area contributed by atoms with Gasteiger partial charge in [0.2, 0.25) is 0 Å². The maximum absolute atomic E-state index is 3.50. The van der Waals surface area contributed by atoms with Gasteiger partial charge in [-0.05, 0) is 63.5 Å². The monoisotopic (exact) mass is 321 g/mol. The van der Waals surface area contributed by atoms with Crippen LogP contribution in [0.5, 0.6) is 0 Å². The van der Waals surface area contributed by atoms with Gasteiger partial charge in [-0.1, -0.05) is 60.6 Å². The molecule has 0 radical (unpaired) electrons. The molecule has 0 aliphatic rings. The van der Waals surface area contributed by atoms with Gasteiger partial charge in [0.25, 0.3) is 0 Å². The van der Waals surface area contributed by atoms with E-state index in [1.54, 1.807) is 0 Å². The second-order valence-electron chi connectivity index (χ2n) is 7.13. The SMILES string of the molecule is CC(C)=C/C=C/C(C)CCC/C(C)=C/Cc1cc2ccccc2[nH]1. The fourth-order valence-electron chi connectivity index (χ4n) is 2.87. The maximum atomic E-state index is 3.50. The Balaban J connectivity index is 1.75. The average molecular weight is 322 g/mol. The third-order valence-corrected chi connectivity index (χ3v) is 4.36. The van der Waals surface area contributed by atoms with Crippen molar-refractivity contribution in [2.24, 2.45) is 5.92 Å². The van der Waals surface area contributed by atoms with Gasteiger partial charge in [-0.25, -0.2) is 0 Å². The minimum atomic E-state index is 0.655. The highest BCUT2D eigenvalue weighted by atomic mass is 14.7. The summed E-state index contributed by atoms with van der Waals surface area (Å²) in [5, 5.41) is 1.30. The first-order chi connectivity index (χ1) is 11.5. The molecule has 128 valence electrons. The minimum absolute atomic E-state index is 0.655. The first-order valence-electron chi connectivity index (χ1n) is 9.08. The van der Waals surface area contributed by atoms with Crippen molar-refractivity contribution in [1.29, 1.82) is 0 Å². The Bertz CT molecular complexity index is 690. The highest BCUT2D eigenvalue weighted by Gasteiger charge is 2.00. The second kappa shape index (κ2) is 9.32. The summed E-state index contributed by atoms with van der Waals surface area (Å²) in [6.45, 7) is 8.83. The van der Waals surface area contributed by atoms with Crippen LogP contribution in [0.4, 0.5) is 0 Å². The normalized spacial score (nSPS) is 13.6. The quantitative estimate of drug-likeness (QED) is 0.398. The van der Waals surface area contributed by atoms with Crippen LogP contribution >= 0.6 is 0 Å². The molecule has 0 spiro atoms. The van der Waals surface area contributed by atoms with Gasteiger partial charge in [-0.2, -0.15) is 0 Å². The van der Waals surface area contributed by atoms with Crippen LogP contribution in [0, 0.1) is 5.92 Å². The van der Waals surface area contributed by atoms with Crippen molar-refractivity contribution in [2.45, 2.75) is 53.4 Å². The third kappa shape index (κ3) is 6.23. The first kappa shape index (κ1) is 18.3. The molecule has 2 rings (SSSR count). The number of para-hydroxylation sites is 1. The molecule has 2 aromatic rings. The molecule has 0 saturated carbocycles. The lowest BCUT2D eigenvalue weighted by Gasteiger charge is -2.06. The Hall–Kier alpha value is -2.02. The fourth-order valence-corrected chi connectivity index (χ4v) is 2.87. The summed E-state index contributed by atoms with van der Waals surface area (Å²) in [7, 11) is 0. The van der Waals surface area contributed by atoms with Crippen molar-refractivity contribution >= 4 is 10.9 Å². The number of hydrogen-bond acceptors (Lipinski definition) is 0. The van der Waals surface area contributed by atoms with E-state index in [1.807, 2.05) is 0 Å². The number of fused-ring (bicyclic) bond motifs is 1. The van der Waals surface area contributed by atoms with Gasteiger partial charge in [-0.15, -0.1) is 0 Å². The number of H-pyrrole nitrogens is 1. The molecule has 1 aromatic carbocycles. The van der Waals surface area contributed by atoms with Crippen LogP contribution in [0.3, 0.4) is 0 Å². The molecule has 24 heavy (non-hydrogen) atoms. The molecule has 1 aromatic heterocycles. The van der Waals surface area contributed by atoms with Crippen molar-refractivity contribution in [3.05, 3.63) is 71.5 Å². The van der Waals surface area contributed by atoms with E-state index < -0.39 is 0 Å². The number of nitrogens with one attached hydrogen (secondary N) is 1. The molecule has 1 heteroatoms. The Kier molecular flexibility index (Phi) is 7.11. The summed E-state index contributed by atoms with van der Waals surface area (Å²) in [6.07, 6.45) is 13.8. The van der Waals surface area contributed by atoms with Gasteiger partial charge >= 0.3 is 0 Å². The topological polar surface area (TPSA) is 15.8 Å². The van der Waals surface area contributed by atoms with E-state index >= 15 is 0 Å². The van der Waals surface area contributed by atoms with E-state index in [0.717, 1.165) is 6.42 Å². The summed E-state index contributed by atoms with van der Waals surface area (Å²) in [6, 6.07) is 10.7. The second-order valence-corrected chi connectivity index (χ2v) is 7.13. The lowest BCUT2D eigenvalue weighted by atomic mass is 10.0. The number of benzene rings is 1. The number of allylic oxidation sites excluding steroid dienone is 6. The van der Waals surface area contributed by atoms with Crippen molar-refractivity contribution in [1.82, 2.24) is 4.98 Å². The molecule has 0 aliphatic heterocycles. The Labute approximate surface area is 147 Å². The lowest BCUT2D eigenvalue weighted by Crippen LogP contribution is -1.90. The number of aromatic nitrogens is 1. The summed E-state index contributed by atoms with van der Waals surface area (Å²) < 4.78 is 0. The smallest absolute Gasteiger partial charge is 0.0456 e. The average Bonchev–Trinajstić information content (AvgIpc) is 2.95. The molecule has 0 saturated heterocycles. The molecular formula is C23H31N. The molecule has 1 N–H and O–H groups in total. The standard InChI is InChI=1S/C23H31N/c1-18(2)9-7-10-19(3)11-8-12-20(4)15-16-22-17-21-13-5-6-14-23(21)24-22/h5-7,9-10,13-15,17,19,24H,8,11-12,16H2,1-4H3/b10-7+,20-15+. The van der Waals surface area contributed by atoms with E-state index in [1.165, 1.54) is 47.0 Å². The van der Waals surface area contributed by atoms with E-state index in [2.05, 4.69) is 87.3 Å². The fraction of sp³-hybridized carbons (Fsp3) is 0.391. The van der Waals surface area contributed by atoms with Crippen LogP contribution in [0.2, 0.25) is 0 Å². The molecule has 1 atom stereocenters. The van der Waals surface area contributed by atoms with Crippen molar-refractivity contribution in [3.63, 3.8) is 0 Å². The van der Waals surface area contributed by atoms with Gasteiger partial charge in [0.1, 0.15) is 0 Å². The minimum Gasteiger partial charge on any atom is -0.358 e. The largest absolute Gasteiger partial charge is 0.358 e. The highest BCUT2D eigenvalue weighted by molar-refractivity contribution is 5.80. The highest BCUT2D eigenvalue weighted by Crippen LogP contribution is 2.17. The molecule has 0 bridgehead atoms. The van der Waals surface area contributed by atoms with Crippen molar-refractivity contribution < 1.29 is 0 Å². The molecular weight excluding hydrogens is 290 g/mol. The number of hydrogen-bond donors (Lipinski definition) is 1. The van der Waals surface area contributed by atoms with Crippen LogP contribution < -0.4 is 0 Å². The Morgan fingerprint density at radius 1 is 1.17 bits per heavy atom. The zero-order chi connectivity index (χ0) is 17.4. The Morgan fingerprint density at radius 2 is 1.96 bits per heavy atom. The number of aromatic amines is 1. The van der Waals surface area contributed by atoms with Gasteiger partial charge in [0.15, 0.2) is 0 Å². The van der Waals surface area contributed by atoms with Crippen LogP contribution in [-0.2, 0) is 6.42 Å². The van der Waals surface area contributed by atoms with E-state index in [0.29, 0.717) is 5.92 Å². The van der Waals surface area contributed by atoms with E-state index in [-0.39, 0.29) is 0 Å². The summed E-state index contributed by atoms with van der Waals surface area (Å²) in [5.74, 6) is 0.655. The van der Waals surface area contributed by atoms with Gasteiger partial charge in [0, 0.05) is 17.6 Å². The first-order valence-corrected chi connectivity index (χ1v) is 9.08. The molecule has 1 nitrogen and oxygen atoms in total. The van der Waals surface area contributed by atoms with Crippen LogP contribution in [-0.4, -0.2) is 4.98 Å². The van der Waals surface area contributed by atoms with E-state index in [9.17, 15) is 0 Å². The van der Waals surface area contributed by atoms with Crippen LogP contribution in [0.1, 0.15) is 52.7 Å². The zero-order valence-corrected chi connectivity index (χ0v) is 15.6. The Morgan fingerprint density at radius 3 is 2.71 bits per heavy atom. The number of rotatable bonds is 8. The lowest BCUT2D eigenvalue weighted by molar-refractivity contribution is 0.604. The summed E-state index contributed by atoms with van der Waals surface area (Å²) in [5.41, 5.74) is 5.38. The summed E-state index contributed by atoms with van der Waals surface area (Å²) in [4.78, 5) is 3.50.